The highest BCUT2D eigenvalue weighted by Crippen LogP contribution is 2.58. The summed E-state index contributed by atoms with van der Waals surface area (Å²) in [5.41, 5.74) is 1.71. The van der Waals surface area contributed by atoms with Gasteiger partial charge in [0.05, 0.1) is 16.9 Å². The van der Waals surface area contributed by atoms with Gasteiger partial charge in [-0.1, -0.05) is 48.6 Å². The smallest absolute Gasteiger partial charge is 0.269 e. The molecule has 0 saturated carbocycles. The van der Waals surface area contributed by atoms with Crippen LogP contribution in [0.15, 0.2) is 103 Å². The first-order valence-corrected chi connectivity index (χ1v) is 13.1. The summed E-state index contributed by atoms with van der Waals surface area (Å²) in [6, 6.07) is 21.7. The number of fused-ring (bicyclic) bond motifs is 6. The first-order valence-electron chi connectivity index (χ1n) is 13.1. The molecule has 3 aromatic carbocycles. The fraction of sp³-hybridized carbons (Fsp3) is 0.125. The minimum Gasteiger partial charge on any atom is -0.352 e. The Morgan fingerprint density at radius 1 is 0.902 bits per heavy atom. The summed E-state index contributed by atoms with van der Waals surface area (Å²) in [6.07, 6.45) is 6.83. The number of nitrogens with one attached hydrogen (secondary N) is 1. The summed E-state index contributed by atoms with van der Waals surface area (Å²) < 4.78 is 0. The number of hydrogen-bond donors (Lipinski definition) is 1. The average Bonchev–Trinajstić information content (AvgIpc) is 3.49. The van der Waals surface area contributed by atoms with E-state index in [2.05, 4.69) is 10.3 Å². The number of aromatic nitrogens is 1. The van der Waals surface area contributed by atoms with Crippen LogP contribution in [0, 0.1) is 16.0 Å². The highest BCUT2D eigenvalue weighted by Gasteiger charge is 2.70. The number of nitrogens with zero attached hydrogens (tertiary/aromatic N) is 3. The molecule has 1 N–H and O–H groups in total. The van der Waals surface area contributed by atoms with E-state index in [-0.39, 0.29) is 28.5 Å². The molecule has 1 aromatic heterocycles. The van der Waals surface area contributed by atoms with Crippen LogP contribution in [0.25, 0.3) is 6.08 Å². The van der Waals surface area contributed by atoms with Crippen molar-refractivity contribution >= 4 is 40.6 Å². The zero-order chi connectivity index (χ0) is 28.3. The molecule has 9 nitrogen and oxygen atoms in total. The van der Waals surface area contributed by atoms with Gasteiger partial charge in [-0.05, 0) is 47.5 Å². The molecule has 3 aliphatic heterocycles. The first kappa shape index (κ1) is 24.6. The van der Waals surface area contributed by atoms with Crippen molar-refractivity contribution in [2.24, 2.45) is 5.92 Å². The van der Waals surface area contributed by atoms with Crippen LogP contribution in [0.2, 0.25) is 0 Å². The molecular formula is C32H22N4O5. The number of para-hydroxylation sites is 2. The van der Waals surface area contributed by atoms with Gasteiger partial charge in [0.1, 0.15) is 11.5 Å². The normalized spacial score (nSPS) is 23.5. The van der Waals surface area contributed by atoms with Gasteiger partial charge in [-0.3, -0.25) is 29.5 Å². The van der Waals surface area contributed by atoms with Gasteiger partial charge in [0.2, 0.25) is 5.91 Å². The van der Waals surface area contributed by atoms with Crippen molar-refractivity contribution in [3.63, 3.8) is 0 Å². The lowest BCUT2D eigenvalue weighted by Crippen LogP contribution is -2.51. The number of rotatable bonds is 5. The number of nitro benzene ring substituents is 1. The Balaban J connectivity index is 1.51. The van der Waals surface area contributed by atoms with Crippen LogP contribution in [0.3, 0.4) is 0 Å². The van der Waals surface area contributed by atoms with E-state index in [4.69, 9.17) is 0 Å². The number of hydrogen-bond acceptors (Lipinski definition) is 7. The Kier molecular flexibility index (Phi) is 5.43. The van der Waals surface area contributed by atoms with E-state index in [0.29, 0.717) is 11.3 Å². The number of nitro groups is 1. The van der Waals surface area contributed by atoms with Gasteiger partial charge < -0.3 is 10.2 Å². The highest BCUT2D eigenvalue weighted by atomic mass is 16.6. The van der Waals surface area contributed by atoms with Crippen molar-refractivity contribution in [1.29, 1.82) is 0 Å². The van der Waals surface area contributed by atoms with E-state index in [0.717, 1.165) is 11.3 Å². The topological polar surface area (TPSA) is 123 Å². The van der Waals surface area contributed by atoms with E-state index < -0.39 is 34.1 Å². The van der Waals surface area contributed by atoms with Crippen LogP contribution in [0.5, 0.6) is 0 Å². The van der Waals surface area contributed by atoms with Gasteiger partial charge in [0, 0.05) is 47.0 Å². The highest BCUT2D eigenvalue weighted by molar-refractivity contribution is 6.18. The number of carbonyl (C=O) groups excluding carboxylic acids is 3. The van der Waals surface area contributed by atoms with Crippen LogP contribution in [0.4, 0.5) is 17.1 Å². The zero-order valence-electron chi connectivity index (χ0n) is 21.5. The predicted molar refractivity (Wildman–Crippen MR) is 152 cm³/mol. The minimum atomic E-state index is -1.44. The van der Waals surface area contributed by atoms with Gasteiger partial charge in [0.15, 0.2) is 11.6 Å². The maximum absolute atomic E-state index is 14.6. The van der Waals surface area contributed by atoms with Crippen molar-refractivity contribution in [3.05, 3.63) is 136 Å². The van der Waals surface area contributed by atoms with Crippen molar-refractivity contribution in [2.75, 3.05) is 10.2 Å². The second-order valence-electron chi connectivity index (χ2n) is 10.3. The molecular weight excluding hydrogens is 520 g/mol. The van der Waals surface area contributed by atoms with E-state index in [1.165, 1.54) is 30.5 Å². The van der Waals surface area contributed by atoms with Crippen molar-refractivity contribution in [3.8, 4) is 0 Å². The van der Waals surface area contributed by atoms with Gasteiger partial charge in [0.25, 0.3) is 5.69 Å². The molecule has 4 aromatic rings. The van der Waals surface area contributed by atoms with E-state index >= 15 is 0 Å². The summed E-state index contributed by atoms with van der Waals surface area (Å²) in [7, 11) is 0. The van der Waals surface area contributed by atoms with Gasteiger partial charge >= 0.3 is 0 Å². The Morgan fingerprint density at radius 3 is 2.41 bits per heavy atom. The van der Waals surface area contributed by atoms with Crippen molar-refractivity contribution in [1.82, 2.24) is 4.98 Å². The number of pyridine rings is 1. The number of benzene rings is 3. The molecule has 41 heavy (non-hydrogen) atoms. The van der Waals surface area contributed by atoms with E-state index in [1.807, 2.05) is 59.5 Å². The zero-order valence-corrected chi connectivity index (χ0v) is 21.5. The van der Waals surface area contributed by atoms with E-state index in [1.54, 1.807) is 24.4 Å². The second kappa shape index (κ2) is 9.06. The molecule has 1 fully saturated rings. The molecule has 1 spiro atoms. The molecule has 3 aliphatic rings. The summed E-state index contributed by atoms with van der Waals surface area (Å²) in [5, 5.41) is 14.3. The summed E-state index contributed by atoms with van der Waals surface area (Å²) in [4.78, 5) is 60.2. The lowest BCUT2D eigenvalue weighted by molar-refractivity contribution is -0.384. The second-order valence-corrected chi connectivity index (χ2v) is 10.3. The van der Waals surface area contributed by atoms with Crippen LogP contribution in [-0.4, -0.2) is 39.5 Å². The Bertz CT molecular complexity index is 1790. The molecule has 4 atom stereocenters. The Hall–Kier alpha value is -5.44. The fourth-order valence-corrected chi connectivity index (χ4v) is 6.73. The third kappa shape index (κ3) is 3.42. The molecule has 0 bridgehead atoms. The monoisotopic (exact) mass is 542 g/mol. The van der Waals surface area contributed by atoms with Crippen molar-refractivity contribution < 1.29 is 19.3 Å². The van der Waals surface area contributed by atoms with Gasteiger partial charge in [-0.25, -0.2) is 0 Å². The van der Waals surface area contributed by atoms with Crippen LogP contribution < -0.4 is 10.2 Å². The Morgan fingerprint density at radius 2 is 1.66 bits per heavy atom. The summed E-state index contributed by atoms with van der Waals surface area (Å²) in [5.74, 6) is -2.30. The third-order valence-electron chi connectivity index (χ3n) is 8.40. The predicted octanol–water partition coefficient (Wildman–Crippen LogP) is 4.85. The number of amides is 1. The molecule has 0 unspecified atom stereocenters. The average molecular weight is 543 g/mol. The van der Waals surface area contributed by atoms with Gasteiger partial charge in [-0.15, -0.1) is 0 Å². The third-order valence-corrected chi connectivity index (χ3v) is 8.40. The summed E-state index contributed by atoms with van der Waals surface area (Å²) >= 11 is 0. The maximum atomic E-state index is 14.6. The fourth-order valence-electron chi connectivity index (χ4n) is 6.73. The standard InChI is InChI=1S/C32H22N4O5/c37-29(21-7-5-17-33-18-21)27-28(30(38)20-11-14-22(15-12-20)36(40)41)35-25-10-4-1-6-19(25)13-16-26(35)32(27)23-8-2-3-9-24(23)34-31(32)39/h1-18,26-28H,(H,34,39)/t26-,27-,28+,32+/m1/s1. The lowest BCUT2D eigenvalue weighted by atomic mass is 9.64. The number of Topliss-reactive ketones (excluding diaryl/α,β-unsaturated/α-hetero) is 2. The van der Waals surface area contributed by atoms with E-state index in [9.17, 15) is 24.5 Å². The molecule has 0 aliphatic carbocycles. The van der Waals surface area contributed by atoms with Crippen LogP contribution in [-0.2, 0) is 10.2 Å². The molecule has 7 rings (SSSR count). The molecule has 0 radical (unpaired) electrons. The number of non-ortho nitro benzene ring substituents is 1. The lowest BCUT2D eigenvalue weighted by Gasteiger charge is -2.37. The summed E-state index contributed by atoms with van der Waals surface area (Å²) in [6.45, 7) is 0. The molecule has 200 valence electrons. The molecule has 9 heteroatoms. The number of ketones is 2. The first-order chi connectivity index (χ1) is 19.9. The Labute approximate surface area is 234 Å². The van der Waals surface area contributed by atoms with Crippen molar-refractivity contribution in [2.45, 2.75) is 17.5 Å². The molecule has 4 heterocycles. The minimum absolute atomic E-state index is 0.152. The number of carbonyl (C=O) groups is 3. The van der Waals surface area contributed by atoms with Crippen LogP contribution in [0.1, 0.15) is 31.8 Å². The molecule has 1 amide bonds. The van der Waals surface area contributed by atoms with Gasteiger partial charge in [-0.2, -0.15) is 0 Å². The quantitative estimate of drug-likeness (QED) is 0.217. The number of anilines is 2. The molecule has 1 saturated heterocycles. The SMILES string of the molecule is O=C(c1ccc([N+](=O)[O-])cc1)[C@@H]1[C@H](C(=O)c2cccnc2)[C@@]2(C(=O)Nc3ccccc32)[C@H]2C=Cc3ccccc3N12. The maximum Gasteiger partial charge on any atom is 0.269 e. The van der Waals surface area contributed by atoms with Crippen LogP contribution >= 0.6 is 0 Å². The largest absolute Gasteiger partial charge is 0.352 e.